The van der Waals surface area contributed by atoms with E-state index in [1.807, 2.05) is 6.07 Å². The van der Waals surface area contributed by atoms with Gasteiger partial charge in [-0.3, -0.25) is 4.57 Å². The molecular weight excluding hydrogens is 695 g/mol. The molecule has 4 aromatic heterocycles. The average molecular weight is 726 g/mol. The lowest BCUT2D eigenvalue weighted by Gasteiger charge is -2.16. The third-order valence-electron chi connectivity index (χ3n) is 12.1. The Bertz CT molecular complexity index is 3790. The Morgan fingerprint density at radius 1 is 0.351 bits per heavy atom. The van der Waals surface area contributed by atoms with Gasteiger partial charge in [-0.05, 0) is 76.1 Å². The van der Waals surface area contributed by atoms with E-state index in [-0.39, 0.29) is 0 Å². The van der Waals surface area contributed by atoms with Crippen LogP contribution in [-0.4, -0.2) is 14.1 Å². The molecule has 9 aromatic carbocycles. The molecule has 0 atom stereocenters. The van der Waals surface area contributed by atoms with Crippen LogP contribution >= 0.6 is 0 Å². The van der Waals surface area contributed by atoms with Gasteiger partial charge in [-0.2, -0.15) is 0 Å². The molecule has 4 heterocycles. The van der Waals surface area contributed by atoms with E-state index >= 15 is 0 Å². The van der Waals surface area contributed by atoms with Gasteiger partial charge in [0.05, 0.1) is 33.1 Å². The first-order chi connectivity index (χ1) is 28.3. The summed E-state index contributed by atoms with van der Waals surface area (Å²) in [6.07, 6.45) is 0. The number of pyridine rings is 1. The highest BCUT2D eigenvalue weighted by molar-refractivity contribution is 6.33. The van der Waals surface area contributed by atoms with Crippen LogP contribution < -0.4 is 0 Å². The smallest absolute Gasteiger partial charge is 0.213 e. The molecular formula is C53H31N3O. The molecule has 0 saturated carbocycles. The molecule has 0 N–H and O–H groups in total. The Hall–Kier alpha value is -7.69. The summed E-state index contributed by atoms with van der Waals surface area (Å²) in [6, 6.07) is 67.5. The molecule has 0 amide bonds. The minimum absolute atomic E-state index is 0.842. The Labute approximate surface area is 326 Å². The van der Waals surface area contributed by atoms with Crippen LogP contribution in [0, 0.1) is 0 Å². The van der Waals surface area contributed by atoms with Gasteiger partial charge in [0.1, 0.15) is 5.58 Å². The van der Waals surface area contributed by atoms with Crippen LogP contribution in [0.2, 0.25) is 0 Å². The summed E-state index contributed by atoms with van der Waals surface area (Å²) in [5.74, 6) is 0. The molecule has 13 rings (SSSR count). The van der Waals surface area contributed by atoms with E-state index in [1.54, 1.807) is 0 Å². The predicted octanol–water partition coefficient (Wildman–Crippen LogP) is 14.3. The fourth-order valence-electron chi connectivity index (χ4n) is 9.66. The lowest BCUT2D eigenvalue weighted by Crippen LogP contribution is -1.96. The zero-order valence-corrected chi connectivity index (χ0v) is 30.6. The zero-order valence-electron chi connectivity index (χ0n) is 30.6. The molecule has 0 aliphatic carbocycles. The molecule has 13 aromatic rings. The molecule has 0 saturated heterocycles. The molecule has 4 nitrogen and oxygen atoms in total. The number of furan rings is 1. The number of benzene rings is 9. The van der Waals surface area contributed by atoms with Gasteiger partial charge < -0.3 is 8.98 Å². The van der Waals surface area contributed by atoms with E-state index in [1.165, 1.54) is 59.5 Å². The van der Waals surface area contributed by atoms with Gasteiger partial charge >= 0.3 is 0 Å². The van der Waals surface area contributed by atoms with E-state index in [4.69, 9.17) is 9.40 Å². The van der Waals surface area contributed by atoms with Crippen LogP contribution in [0.4, 0.5) is 0 Å². The van der Waals surface area contributed by atoms with Crippen LogP contribution in [0.25, 0.3) is 121 Å². The predicted molar refractivity (Wildman–Crippen MR) is 238 cm³/mol. The summed E-state index contributed by atoms with van der Waals surface area (Å²) in [7, 11) is 0. The number of aromatic nitrogens is 3. The summed E-state index contributed by atoms with van der Waals surface area (Å²) < 4.78 is 11.5. The standard InChI is InChI=1S/C53H31N3O/c1-2-14-33(15-3-1)55-45-24-12-9-18-37(45)42-30-47-43(31-46(42)55)50-41-22-10-13-25-48(41)57-53(50)56(47)34-28-26-32(27-29-34)52-51-39-20-7-5-17-36(39)35-16-4-6-19-38(35)49(51)40-21-8-11-23-44(40)54-52/h1-31H. The molecule has 0 spiro atoms. The normalized spacial score (nSPS) is 12.2. The van der Waals surface area contributed by atoms with Crippen molar-refractivity contribution in [1.29, 1.82) is 0 Å². The zero-order chi connectivity index (χ0) is 37.2. The van der Waals surface area contributed by atoms with Crippen molar-refractivity contribution in [3.05, 3.63) is 188 Å². The number of hydrogen-bond acceptors (Lipinski definition) is 2. The van der Waals surface area contributed by atoms with Crippen LogP contribution in [-0.2, 0) is 0 Å². The summed E-state index contributed by atoms with van der Waals surface area (Å²) >= 11 is 0. The molecule has 57 heavy (non-hydrogen) atoms. The highest BCUT2D eigenvalue weighted by Crippen LogP contribution is 2.45. The molecule has 0 aliphatic heterocycles. The maximum atomic E-state index is 6.78. The Kier molecular flexibility index (Phi) is 6.13. The van der Waals surface area contributed by atoms with Crippen LogP contribution in [0.3, 0.4) is 0 Å². The summed E-state index contributed by atoms with van der Waals surface area (Å²) in [4.78, 5) is 5.41. The van der Waals surface area contributed by atoms with Crippen molar-refractivity contribution in [2.45, 2.75) is 0 Å². The third kappa shape index (κ3) is 4.19. The minimum atomic E-state index is 0.842. The first-order valence-corrected chi connectivity index (χ1v) is 19.5. The summed E-state index contributed by atoms with van der Waals surface area (Å²) in [6.45, 7) is 0. The van der Waals surface area contributed by atoms with Crippen molar-refractivity contribution < 1.29 is 4.42 Å². The highest BCUT2D eigenvalue weighted by Gasteiger charge is 2.23. The second-order valence-corrected chi connectivity index (χ2v) is 15.1. The fraction of sp³-hybridized carbons (Fsp3) is 0. The summed E-state index contributed by atoms with van der Waals surface area (Å²) in [5.41, 5.74) is 10.4. The molecule has 0 radical (unpaired) electrons. The van der Waals surface area contributed by atoms with Gasteiger partial charge in [-0.15, -0.1) is 0 Å². The number of rotatable bonds is 3. The average Bonchev–Trinajstić information content (AvgIpc) is 3.92. The van der Waals surface area contributed by atoms with E-state index in [9.17, 15) is 0 Å². The van der Waals surface area contributed by atoms with Crippen LogP contribution in [0.1, 0.15) is 0 Å². The first-order valence-electron chi connectivity index (χ1n) is 19.5. The van der Waals surface area contributed by atoms with Crippen molar-refractivity contribution in [1.82, 2.24) is 14.1 Å². The molecule has 0 aliphatic rings. The van der Waals surface area contributed by atoms with E-state index < -0.39 is 0 Å². The van der Waals surface area contributed by atoms with Crippen LogP contribution in [0.5, 0.6) is 0 Å². The van der Waals surface area contributed by atoms with Gasteiger partial charge in [0, 0.05) is 54.6 Å². The second kappa shape index (κ2) is 11.4. The highest BCUT2D eigenvalue weighted by atomic mass is 16.3. The second-order valence-electron chi connectivity index (χ2n) is 15.1. The molecule has 0 unspecified atom stereocenters. The molecule has 264 valence electrons. The van der Waals surface area contributed by atoms with Gasteiger partial charge in [-0.1, -0.05) is 133 Å². The topological polar surface area (TPSA) is 35.9 Å². The fourth-order valence-corrected chi connectivity index (χ4v) is 9.66. The van der Waals surface area contributed by atoms with Gasteiger partial charge in [0.25, 0.3) is 0 Å². The number of fused-ring (bicyclic) bond motifs is 16. The van der Waals surface area contributed by atoms with Gasteiger partial charge in [0.2, 0.25) is 5.71 Å². The first kappa shape index (κ1) is 30.6. The third-order valence-corrected chi connectivity index (χ3v) is 12.1. The van der Waals surface area contributed by atoms with E-state index in [0.29, 0.717) is 0 Å². The minimum Gasteiger partial charge on any atom is -0.439 e. The van der Waals surface area contributed by atoms with E-state index in [2.05, 4.69) is 191 Å². The number of para-hydroxylation sites is 4. The SMILES string of the molecule is c1ccc(-n2c3ccccc3c3cc4c(cc32)c2c3ccccc3oc2n4-c2ccc(-c3nc4ccccc4c4c5ccccc5c5ccccc5c34)cc2)cc1. The monoisotopic (exact) mass is 725 g/mol. The Morgan fingerprint density at radius 3 is 1.68 bits per heavy atom. The van der Waals surface area contributed by atoms with Crippen molar-refractivity contribution in [3.8, 4) is 22.6 Å². The van der Waals surface area contributed by atoms with Crippen LogP contribution in [0.15, 0.2) is 192 Å². The lowest BCUT2D eigenvalue weighted by atomic mass is 9.90. The van der Waals surface area contributed by atoms with Gasteiger partial charge in [0.15, 0.2) is 0 Å². The Morgan fingerprint density at radius 2 is 0.912 bits per heavy atom. The Balaban J connectivity index is 1.10. The van der Waals surface area contributed by atoms with Crippen molar-refractivity contribution in [2.24, 2.45) is 0 Å². The number of hydrogen-bond donors (Lipinski definition) is 0. The maximum Gasteiger partial charge on any atom is 0.213 e. The van der Waals surface area contributed by atoms with Crippen molar-refractivity contribution in [3.63, 3.8) is 0 Å². The molecule has 0 bridgehead atoms. The van der Waals surface area contributed by atoms with Gasteiger partial charge in [-0.25, -0.2) is 4.98 Å². The lowest BCUT2D eigenvalue weighted by molar-refractivity contribution is 0.645. The quantitative estimate of drug-likeness (QED) is 0.170. The largest absolute Gasteiger partial charge is 0.439 e. The summed E-state index contributed by atoms with van der Waals surface area (Å²) in [5, 5.41) is 14.4. The van der Waals surface area contributed by atoms with Crippen molar-refractivity contribution in [2.75, 3.05) is 0 Å². The maximum absolute atomic E-state index is 6.78. The number of nitrogens with zero attached hydrogens (tertiary/aromatic N) is 3. The molecule has 4 heteroatoms. The van der Waals surface area contributed by atoms with E-state index in [0.717, 1.165) is 61.1 Å². The molecule has 0 fully saturated rings. The van der Waals surface area contributed by atoms with Crippen molar-refractivity contribution >= 4 is 98.0 Å².